The molecule has 0 saturated carbocycles. The molecule has 3 aromatic rings. The summed E-state index contributed by atoms with van der Waals surface area (Å²) in [6.45, 7) is 3.23. The van der Waals surface area contributed by atoms with Crippen LogP contribution in [0.4, 0.5) is 5.69 Å². The number of hydrogen-bond donors (Lipinski definition) is 1. The molecule has 0 atom stereocenters. The molecule has 0 radical (unpaired) electrons. The number of amides is 1. The molecule has 1 aliphatic heterocycles. The lowest BCUT2D eigenvalue weighted by molar-refractivity contribution is -0.116. The monoisotopic (exact) mass is 490 g/mol. The van der Waals surface area contributed by atoms with E-state index in [4.69, 9.17) is 4.74 Å². The summed E-state index contributed by atoms with van der Waals surface area (Å²) in [5.74, 6) is -0.0689. The van der Waals surface area contributed by atoms with Crippen LogP contribution in [0, 0.1) is 0 Å². The first-order valence-corrected chi connectivity index (χ1v) is 13.2. The topological polar surface area (TPSA) is 111 Å². The number of carbonyl (C=O) groups is 1. The van der Waals surface area contributed by atoms with Gasteiger partial charge >= 0.3 is 0 Å². The predicted octanol–water partition coefficient (Wildman–Crippen LogP) is 3.06. The number of aryl methyl sites for hydroxylation is 1. The third-order valence-corrected chi connectivity index (χ3v) is 8.23. The Morgan fingerprint density at radius 1 is 1.21 bits per heavy atom. The molecule has 3 heterocycles. The molecule has 0 bridgehead atoms. The molecule has 1 N–H and O–H groups in total. The molecule has 11 heteroatoms. The normalized spacial score (nSPS) is 14.9. The standard InChI is InChI=1S/C22H26N4O5S2/c1-2-31-18-7-6-16(14-19(18)33(29,30)26-10-4-3-5-11-26)24-20(27)8-12-25-15-23-21-17(22(25)28)9-13-32-21/h6-7,9,13-15H,2-5,8,10-12H2,1H3,(H,24,27). The fourth-order valence-corrected chi connectivity index (χ4v) is 6.20. The van der Waals surface area contributed by atoms with E-state index >= 15 is 0 Å². The first-order valence-electron chi connectivity index (χ1n) is 10.9. The van der Waals surface area contributed by atoms with Gasteiger partial charge in [0.05, 0.1) is 18.3 Å². The molecular formula is C22H26N4O5S2. The second-order valence-corrected chi connectivity index (χ2v) is 10.5. The zero-order valence-electron chi connectivity index (χ0n) is 18.3. The van der Waals surface area contributed by atoms with Crippen LogP contribution in [0.5, 0.6) is 5.75 Å². The highest BCUT2D eigenvalue weighted by Gasteiger charge is 2.29. The number of nitrogens with one attached hydrogen (secondary N) is 1. The van der Waals surface area contributed by atoms with Crippen molar-refractivity contribution >= 4 is 43.2 Å². The Labute approximate surface area is 196 Å². The molecule has 1 fully saturated rings. The minimum absolute atomic E-state index is 0.0403. The Balaban J connectivity index is 1.50. The van der Waals surface area contributed by atoms with Crippen molar-refractivity contribution in [1.82, 2.24) is 13.9 Å². The molecule has 0 unspecified atom stereocenters. The van der Waals surface area contributed by atoms with Crippen LogP contribution in [-0.2, 0) is 21.4 Å². The lowest BCUT2D eigenvalue weighted by Gasteiger charge is -2.27. The number of anilines is 1. The maximum Gasteiger partial charge on any atom is 0.262 e. The Kier molecular flexibility index (Phi) is 7.11. The van der Waals surface area contributed by atoms with Gasteiger partial charge in [-0.2, -0.15) is 4.31 Å². The fourth-order valence-electron chi connectivity index (χ4n) is 3.80. The lowest BCUT2D eigenvalue weighted by atomic mass is 10.2. The first-order chi connectivity index (χ1) is 15.9. The number of thiophene rings is 1. The highest BCUT2D eigenvalue weighted by atomic mass is 32.2. The number of sulfonamides is 1. The average molecular weight is 491 g/mol. The zero-order valence-corrected chi connectivity index (χ0v) is 20.0. The van der Waals surface area contributed by atoms with Crippen LogP contribution in [0.25, 0.3) is 10.2 Å². The van der Waals surface area contributed by atoms with Crippen molar-refractivity contribution in [3.8, 4) is 5.75 Å². The summed E-state index contributed by atoms with van der Waals surface area (Å²) in [5.41, 5.74) is 0.169. The van der Waals surface area contributed by atoms with Crippen LogP contribution in [0.15, 0.2) is 45.7 Å². The summed E-state index contributed by atoms with van der Waals surface area (Å²) < 4.78 is 34.9. The number of piperidine rings is 1. The molecule has 1 amide bonds. The molecular weight excluding hydrogens is 464 g/mol. The number of ether oxygens (including phenoxy) is 1. The number of nitrogens with zero attached hydrogens (tertiary/aromatic N) is 3. The van der Waals surface area contributed by atoms with Gasteiger partial charge in [-0.25, -0.2) is 13.4 Å². The molecule has 2 aromatic heterocycles. The molecule has 0 aliphatic carbocycles. The Morgan fingerprint density at radius 3 is 2.76 bits per heavy atom. The van der Waals surface area contributed by atoms with E-state index in [2.05, 4.69) is 10.3 Å². The minimum atomic E-state index is -3.75. The molecule has 176 valence electrons. The van der Waals surface area contributed by atoms with Crippen LogP contribution in [0.3, 0.4) is 0 Å². The average Bonchev–Trinajstić information content (AvgIpc) is 3.30. The summed E-state index contributed by atoms with van der Waals surface area (Å²) in [6.07, 6.45) is 4.14. The summed E-state index contributed by atoms with van der Waals surface area (Å²) in [5, 5.41) is 5.07. The predicted molar refractivity (Wildman–Crippen MR) is 127 cm³/mol. The van der Waals surface area contributed by atoms with Gasteiger partial charge in [0.2, 0.25) is 15.9 Å². The van der Waals surface area contributed by atoms with Gasteiger partial charge < -0.3 is 10.1 Å². The second kappa shape index (κ2) is 10.0. The molecule has 9 nitrogen and oxygen atoms in total. The van der Waals surface area contributed by atoms with E-state index in [0.717, 1.165) is 19.3 Å². The van der Waals surface area contributed by atoms with E-state index in [9.17, 15) is 18.0 Å². The van der Waals surface area contributed by atoms with Crippen molar-refractivity contribution in [3.05, 3.63) is 46.3 Å². The third kappa shape index (κ3) is 5.10. The second-order valence-electron chi connectivity index (χ2n) is 7.74. The van der Waals surface area contributed by atoms with Crippen molar-refractivity contribution in [2.75, 3.05) is 25.0 Å². The number of aromatic nitrogens is 2. The summed E-state index contributed by atoms with van der Waals surface area (Å²) in [7, 11) is -3.75. The molecule has 1 aliphatic rings. The number of fused-ring (bicyclic) bond motifs is 1. The molecule has 0 spiro atoms. The van der Waals surface area contributed by atoms with Gasteiger partial charge in [-0.3, -0.25) is 14.2 Å². The number of benzene rings is 1. The number of hydrogen-bond acceptors (Lipinski definition) is 7. The van der Waals surface area contributed by atoms with E-state index in [-0.39, 0.29) is 35.1 Å². The highest BCUT2D eigenvalue weighted by Crippen LogP contribution is 2.31. The number of carbonyl (C=O) groups excluding carboxylic acids is 1. The maximum absolute atomic E-state index is 13.2. The Bertz CT molecular complexity index is 1310. The van der Waals surface area contributed by atoms with Gasteiger partial charge in [0.25, 0.3) is 5.56 Å². The molecule has 1 saturated heterocycles. The van der Waals surface area contributed by atoms with Gasteiger partial charge in [-0.05, 0) is 49.4 Å². The largest absolute Gasteiger partial charge is 0.492 e. The van der Waals surface area contributed by atoms with Crippen LogP contribution < -0.4 is 15.6 Å². The van der Waals surface area contributed by atoms with Gasteiger partial charge in [0.1, 0.15) is 15.5 Å². The SMILES string of the molecule is CCOc1ccc(NC(=O)CCn2cnc3sccc3c2=O)cc1S(=O)(=O)N1CCCCC1. The van der Waals surface area contributed by atoms with Crippen LogP contribution in [-0.4, -0.2) is 47.9 Å². The smallest absolute Gasteiger partial charge is 0.262 e. The molecule has 4 rings (SSSR count). The number of rotatable bonds is 8. The van der Waals surface area contributed by atoms with Gasteiger partial charge in [0, 0.05) is 31.7 Å². The third-order valence-electron chi connectivity index (χ3n) is 5.49. The van der Waals surface area contributed by atoms with Crippen LogP contribution in [0.2, 0.25) is 0 Å². The quantitative estimate of drug-likeness (QED) is 0.520. The lowest BCUT2D eigenvalue weighted by Crippen LogP contribution is -2.35. The maximum atomic E-state index is 13.2. The van der Waals surface area contributed by atoms with Crippen molar-refractivity contribution < 1.29 is 17.9 Å². The van der Waals surface area contributed by atoms with E-state index in [1.54, 1.807) is 30.5 Å². The van der Waals surface area contributed by atoms with Crippen molar-refractivity contribution in [3.63, 3.8) is 0 Å². The van der Waals surface area contributed by atoms with E-state index < -0.39 is 10.0 Å². The van der Waals surface area contributed by atoms with Crippen molar-refractivity contribution in [2.45, 2.75) is 44.0 Å². The molecule has 33 heavy (non-hydrogen) atoms. The van der Waals surface area contributed by atoms with Crippen LogP contribution in [0.1, 0.15) is 32.6 Å². The Hall–Kier alpha value is -2.76. The van der Waals surface area contributed by atoms with E-state index in [1.165, 1.54) is 32.6 Å². The van der Waals surface area contributed by atoms with Crippen molar-refractivity contribution in [2.24, 2.45) is 0 Å². The molecule has 1 aromatic carbocycles. The van der Waals surface area contributed by atoms with E-state index in [0.29, 0.717) is 35.6 Å². The van der Waals surface area contributed by atoms with Gasteiger partial charge in [-0.1, -0.05) is 6.42 Å². The zero-order chi connectivity index (χ0) is 23.4. The fraction of sp³-hybridized carbons (Fsp3) is 0.409. The minimum Gasteiger partial charge on any atom is -0.492 e. The summed E-state index contributed by atoms with van der Waals surface area (Å²) in [4.78, 5) is 30.0. The summed E-state index contributed by atoms with van der Waals surface area (Å²) in [6, 6.07) is 6.34. The first kappa shape index (κ1) is 23.4. The van der Waals surface area contributed by atoms with Gasteiger partial charge in [0.15, 0.2) is 0 Å². The van der Waals surface area contributed by atoms with Gasteiger partial charge in [-0.15, -0.1) is 11.3 Å². The highest BCUT2D eigenvalue weighted by molar-refractivity contribution is 7.89. The van der Waals surface area contributed by atoms with Crippen LogP contribution >= 0.6 is 11.3 Å². The summed E-state index contributed by atoms with van der Waals surface area (Å²) >= 11 is 1.39. The van der Waals surface area contributed by atoms with Crippen molar-refractivity contribution in [1.29, 1.82) is 0 Å². The Morgan fingerprint density at radius 2 is 2.00 bits per heavy atom. The van der Waals surface area contributed by atoms with E-state index in [1.807, 2.05) is 0 Å².